The van der Waals surface area contributed by atoms with Gasteiger partial charge >= 0.3 is 0 Å². The third-order valence-electron chi connectivity index (χ3n) is 3.10. The smallest absolute Gasteiger partial charge is 0.255 e. The largest absolute Gasteiger partial charge is 0.484 e. The standard InChI is InChI=1S/C17H17BrN2O3/c18-15-4-2-1-3-12(15)5-10-17(22)20-13-6-8-14(9-7-13)23-11-16(19)21/h1-4,6-9H,5,10-11H2,(H2,19,21)(H,20,22). The molecule has 0 aliphatic carbocycles. The van der Waals surface area contributed by atoms with Gasteiger partial charge in [-0.15, -0.1) is 0 Å². The maximum absolute atomic E-state index is 12.0. The van der Waals surface area contributed by atoms with Crippen LogP contribution < -0.4 is 15.8 Å². The van der Waals surface area contributed by atoms with Gasteiger partial charge in [-0.1, -0.05) is 34.1 Å². The van der Waals surface area contributed by atoms with E-state index in [1.165, 1.54) is 0 Å². The van der Waals surface area contributed by atoms with Crippen molar-refractivity contribution in [3.63, 3.8) is 0 Å². The van der Waals surface area contributed by atoms with Crippen molar-refractivity contribution >= 4 is 33.4 Å². The second-order valence-electron chi connectivity index (χ2n) is 4.92. The average molecular weight is 377 g/mol. The number of carbonyl (C=O) groups excluding carboxylic acids is 2. The second kappa shape index (κ2) is 8.33. The van der Waals surface area contributed by atoms with Gasteiger partial charge in [0, 0.05) is 16.6 Å². The van der Waals surface area contributed by atoms with Crippen LogP contribution in [-0.4, -0.2) is 18.4 Å². The summed E-state index contributed by atoms with van der Waals surface area (Å²) in [5.74, 6) is -0.0731. The van der Waals surface area contributed by atoms with Gasteiger partial charge in [-0.2, -0.15) is 0 Å². The SMILES string of the molecule is NC(=O)COc1ccc(NC(=O)CCc2ccccc2Br)cc1. The minimum absolute atomic E-state index is 0.0634. The molecule has 0 radical (unpaired) electrons. The van der Waals surface area contributed by atoms with Crippen molar-refractivity contribution in [2.75, 3.05) is 11.9 Å². The first-order valence-electron chi connectivity index (χ1n) is 7.09. The monoisotopic (exact) mass is 376 g/mol. The van der Waals surface area contributed by atoms with E-state index in [2.05, 4.69) is 21.2 Å². The molecule has 2 aromatic carbocycles. The Kier molecular flexibility index (Phi) is 6.17. The summed E-state index contributed by atoms with van der Waals surface area (Å²) in [5, 5.41) is 2.82. The van der Waals surface area contributed by atoms with Gasteiger partial charge in [0.2, 0.25) is 5.91 Å². The molecule has 0 fully saturated rings. The predicted octanol–water partition coefficient (Wildman–Crippen LogP) is 2.88. The first kappa shape index (κ1) is 17.0. The molecule has 2 amide bonds. The number of amides is 2. The highest BCUT2D eigenvalue weighted by Crippen LogP contribution is 2.19. The number of ether oxygens (including phenoxy) is 1. The molecule has 120 valence electrons. The van der Waals surface area contributed by atoms with Crippen LogP contribution in [0, 0.1) is 0 Å². The van der Waals surface area contributed by atoms with Gasteiger partial charge in [-0.3, -0.25) is 9.59 Å². The zero-order chi connectivity index (χ0) is 16.7. The van der Waals surface area contributed by atoms with Crippen molar-refractivity contribution in [3.8, 4) is 5.75 Å². The molecule has 0 saturated carbocycles. The maximum atomic E-state index is 12.0. The number of halogens is 1. The fourth-order valence-corrected chi connectivity index (χ4v) is 2.44. The van der Waals surface area contributed by atoms with Crippen molar-refractivity contribution in [2.24, 2.45) is 5.73 Å². The molecule has 0 spiro atoms. The topological polar surface area (TPSA) is 81.4 Å². The van der Waals surface area contributed by atoms with Crippen LogP contribution >= 0.6 is 15.9 Å². The molecular formula is C17H17BrN2O3. The Balaban J connectivity index is 1.83. The molecule has 0 unspecified atom stereocenters. The van der Waals surface area contributed by atoms with Crippen molar-refractivity contribution in [1.82, 2.24) is 0 Å². The second-order valence-corrected chi connectivity index (χ2v) is 5.77. The lowest BCUT2D eigenvalue weighted by atomic mass is 10.1. The number of aryl methyl sites for hydroxylation is 1. The lowest BCUT2D eigenvalue weighted by Gasteiger charge is -2.08. The zero-order valence-electron chi connectivity index (χ0n) is 12.4. The van der Waals surface area contributed by atoms with E-state index < -0.39 is 5.91 Å². The Morgan fingerprint density at radius 3 is 2.43 bits per heavy atom. The van der Waals surface area contributed by atoms with Gasteiger partial charge in [0.25, 0.3) is 5.91 Å². The van der Waals surface area contributed by atoms with E-state index in [0.717, 1.165) is 10.0 Å². The highest BCUT2D eigenvalue weighted by Gasteiger charge is 2.06. The molecule has 2 rings (SSSR count). The molecule has 3 N–H and O–H groups in total. The van der Waals surface area contributed by atoms with Gasteiger partial charge in [0.1, 0.15) is 5.75 Å². The number of rotatable bonds is 7. The molecule has 5 nitrogen and oxygen atoms in total. The molecule has 2 aromatic rings. The number of nitrogens with two attached hydrogens (primary N) is 1. The van der Waals surface area contributed by atoms with Crippen LogP contribution in [0.4, 0.5) is 5.69 Å². The number of nitrogens with one attached hydrogen (secondary N) is 1. The van der Waals surface area contributed by atoms with Crippen LogP contribution in [0.1, 0.15) is 12.0 Å². The molecule has 6 heteroatoms. The van der Waals surface area contributed by atoms with E-state index in [-0.39, 0.29) is 12.5 Å². The molecule has 0 aromatic heterocycles. The van der Waals surface area contributed by atoms with E-state index in [4.69, 9.17) is 10.5 Å². The van der Waals surface area contributed by atoms with E-state index in [1.807, 2.05) is 24.3 Å². The average Bonchev–Trinajstić information content (AvgIpc) is 2.53. The molecular weight excluding hydrogens is 360 g/mol. The number of anilines is 1. The molecule has 0 aliphatic heterocycles. The van der Waals surface area contributed by atoms with Crippen molar-refractivity contribution < 1.29 is 14.3 Å². The van der Waals surface area contributed by atoms with Crippen molar-refractivity contribution in [3.05, 3.63) is 58.6 Å². The Bertz CT molecular complexity index is 686. The van der Waals surface area contributed by atoms with E-state index in [9.17, 15) is 9.59 Å². The van der Waals surface area contributed by atoms with Crippen LogP contribution in [0.3, 0.4) is 0 Å². The van der Waals surface area contributed by atoms with Gasteiger partial charge in [0.15, 0.2) is 6.61 Å². The normalized spacial score (nSPS) is 10.1. The van der Waals surface area contributed by atoms with Crippen LogP contribution in [0.25, 0.3) is 0 Å². The number of benzene rings is 2. The van der Waals surface area contributed by atoms with Crippen LogP contribution in [0.5, 0.6) is 5.75 Å². The Hall–Kier alpha value is -2.34. The first-order valence-corrected chi connectivity index (χ1v) is 7.88. The summed E-state index contributed by atoms with van der Waals surface area (Å²) in [6.07, 6.45) is 1.05. The van der Waals surface area contributed by atoms with E-state index in [0.29, 0.717) is 24.3 Å². The molecule has 0 heterocycles. The summed E-state index contributed by atoms with van der Waals surface area (Å²) in [6, 6.07) is 14.6. The summed E-state index contributed by atoms with van der Waals surface area (Å²) >= 11 is 3.47. The van der Waals surface area contributed by atoms with Crippen LogP contribution in [-0.2, 0) is 16.0 Å². The summed E-state index contributed by atoms with van der Waals surface area (Å²) < 4.78 is 6.16. The fourth-order valence-electron chi connectivity index (χ4n) is 1.96. The molecule has 0 bridgehead atoms. The van der Waals surface area contributed by atoms with Crippen molar-refractivity contribution in [1.29, 1.82) is 0 Å². The Morgan fingerprint density at radius 2 is 1.78 bits per heavy atom. The highest BCUT2D eigenvalue weighted by atomic mass is 79.9. The molecule has 23 heavy (non-hydrogen) atoms. The Labute approximate surface area is 143 Å². The quantitative estimate of drug-likeness (QED) is 0.779. The lowest BCUT2D eigenvalue weighted by Crippen LogP contribution is -2.20. The highest BCUT2D eigenvalue weighted by molar-refractivity contribution is 9.10. The predicted molar refractivity (Wildman–Crippen MR) is 92.2 cm³/mol. The maximum Gasteiger partial charge on any atom is 0.255 e. The van der Waals surface area contributed by atoms with Gasteiger partial charge in [0.05, 0.1) is 0 Å². The number of primary amides is 1. The number of hydrogen-bond donors (Lipinski definition) is 2. The third-order valence-corrected chi connectivity index (χ3v) is 3.87. The number of carbonyl (C=O) groups is 2. The minimum Gasteiger partial charge on any atom is -0.484 e. The summed E-state index contributed by atoms with van der Waals surface area (Å²) in [5.41, 5.74) is 6.77. The fraction of sp³-hybridized carbons (Fsp3) is 0.176. The van der Waals surface area contributed by atoms with Gasteiger partial charge < -0.3 is 15.8 Å². The summed E-state index contributed by atoms with van der Waals surface area (Å²) in [6.45, 7) is -0.169. The van der Waals surface area contributed by atoms with Crippen LogP contribution in [0.2, 0.25) is 0 Å². The number of hydrogen-bond acceptors (Lipinski definition) is 3. The lowest BCUT2D eigenvalue weighted by molar-refractivity contribution is -0.120. The van der Waals surface area contributed by atoms with E-state index in [1.54, 1.807) is 24.3 Å². The first-order chi connectivity index (χ1) is 11.0. The van der Waals surface area contributed by atoms with Gasteiger partial charge in [-0.05, 0) is 42.3 Å². The third kappa shape index (κ3) is 5.75. The summed E-state index contributed by atoms with van der Waals surface area (Å²) in [4.78, 5) is 22.6. The molecule has 0 saturated heterocycles. The van der Waals surface area contributed by atoms with Gasteiger partial charge in [-0.25, -0.2) is 0 Å². The molecule has 0 atom stereocenters. The Morgan fingerprint density at radius 1 is 1.09 bits per heavy atom. The molecule has 0 aliphatic rings. The minimum atomic E-state index is -0.533. The van der Waals surface area contributed by atoms with E-state index >= 15 is 0 Å². The van der Waals surface area contributed by atoms with Crippen molar-refractivity contribution in [2.45, 2.75) is 12.8 Å². The van der Waals surface area contributed by atoms with Crippen LogP contribution in [0.15, 0.2) is 53.0 Å². The summed E-state index contributed by atoms with van der Waals surface area (Å²) in [7, 11) is 0. The zero-order valence-corrected chi connectivity index (χ0v) is 14.0.